The Morgan fingerprint density at radius 2 is 1.45 bits per heavy atom. The topological polar surface area (TPSA) is 55.7 Å². The molecule has 2 aromatic rings. The van der Waals surface area contributed by atoms with Crippen molar-refractivity contribution in [3.8, 4) is 0 Å². The van der Waals surface area contributed by atoms with Gasteiger partial charge < -0.3 is 4.74 Å². The summed E-state index contributed by atoms with van der Waals surface area (Å²) in [6, 6.07) is 14.1. The van der Waals surface area contributed by atoms with Crippen molar-refractivity contribution < 1.29 is 9.53 Å². The van der Waals surface area contributed by atoms with E-state index in [0.717, 1.165) is 11.1 Å². The highest BCUT2D eigenvalue weighted by atomic mass is 16.5. The van der Waals surface area contributed by atoms with Gasteiger partial charge in [-0.05, 0) is 40.6 Å². The lowest BCUT2D eigenvalue weighted by Crippen LogP contribution is -2.00. The molecule has 0 saturated heterocycles. The van der Waals surface area contributed by atoms with Crippen LogP contribution in [-0.2, 0) is 4.74 Å². The average Bonchev–Trinajstić information content (AvgIpc) is 2.53. The molecule has 2 aromatic carbocycles. The number of carbonyl (C=O) groups excluding carboxylic acids is 1. The molecule has 0 amide bonds. The Morgan fingerprint density at radius 1 is 0.950 bits per heavy atom. The van der Waals surface area contributed by atoms with Gasteiger partial charge >= 0.3 is 5.97 Å². The second-order valence-corrected chi connectivity index (χ2v) is 4.13. The van der Waals surface area contributed by atoms with Crippen molar-refractivity contribution in [2.75, 3.05) is 7.11 Å². The number of nitroso groups, excluding NO2 is 1. The van der Waals surface area contributed by atoms with Crippen molar-refractivity contribution in [1.29, 1.82) is 0 Å². The first-order valence-electron chi connectivity index (χ1n) is 6.03. The molecule has 2 rings (SSSR count). The molecule has 100 valence electrons. The molecule has 0 radical (unpaired) electrons. The van der Waals surface area contributed by atoms with Gasteiger partial charge in [-0.3, -0.25) is 0 Å². The third-order valence-electron chi connectivity index (χ3n) is 2.80. The summed E-state index contributed by atoms with van der Waals surface area (Å²) in [5.41, 5.74) is 2.86. The molecular weight excluding hydrogens is 254 g/mol. The largest absolute Gasteiger partial charge is 0.465 e. The fourth-order valence-corrected chi connectivity index (χ4v) is 1.69. The molecule has 0 N–H and O–H groups in total. The molecule has 0 aliphatic carbocycles. The minimum atomic E-state index is -0.350. The number of rotatable bonds is 4. The molecule has 0 atom stereocenters. The Balaban J connectivity index is 2.10. The van der Waals surface area contributed by atoms with Gasteiger partial charge in [0.2, 0.25) is 0 Å². The fourth-order valence-electron chi connectivity index (χ4n) is 1.69. The van der Waals surface area contributed by atoms with Gasteiger partial charge in [0.05, 0.1) is 12.7 Å². The van der Waals surface area contributed by atoms with Crippen LogP contribution >= 0.6 is 0 Å². The summed E-state index contributed by atoms with van der Waals surface area (Å²) in [7, 11) is 1.36. The maximum absolute atomic E-state index is 11.3. The molecule has 4 heteroatoms. The summed E-state index contributed by atoms with van der Waals surface area (Å²) in [5, 5.41) is 2.85. The Labute approximate surface area is 116 Å². The predicted molar refractivity (Wildman–Crippen MR) is 78.6 cm³/mol. The molecule has 0 fully saturated rings. The molecule has 0 bridgehead atoms. The number of hydrogen-bond donors (Lipinski definition) is 0. The van der Waals surface area contributed by atoms with E-state index in [0.29, 0.717) is 11.3 Å². The summed E-state index contributed by atoms with van der Waals surface area (Å²) in [5.74, 6) is -0.350. The van der Waals surface area contributed by atoms with Crippen LogP contribution in [0.4, 0.5) is 5.69 Å². The van der Waals surface area contributed by atoms with Crippen LogP contribution in [0, 0.1) is 4.91 Å². The van der Waals surface area contributed by atoms with E-state index in [1.807, 2.05) is 36.4 Å². The molecule has 0 aliphatic heterocycles. The van der Waals surface area contributed by atoms with E-state index < -0.39 is 0 Å². The highest BCUT2D eigenvalue weighted by Gasteiger charge is 2.02. The maximum Gasteiger partial charge on any atom is 0.337 e. The number of hydrogen-bond acceptors (Lipinski definition) is 4. The molecule has 0 spiro atoms. The van der Waals surface area contributed by atoms with Crippen molar-refractivity contribution in [2.45, 2.75) is 0 Å². The summed E-state index contributed by atoms with van der Waals surface area (Å²) in [6.45, 7) is 0. The van der Waals surface area contributed by atoms with Crippen LogP contribution in [0.15, 0.2) is 53.7 Å². The zero-order valence-electron chi connectivity index (χ0n) is 10.9. The second kappa shape index (κ2) is 6.43. The van der Waals surface area contributed by atoms with Gasteiger partial charge in [-0.2, -0.15) is 0 Å². The van der Waals surface area contributed by atoms with E-state index in [9.17, 15) is 9.70 Å². The first-order chi connectivity index (χ1) is 9.72. The van der Waals surface area contributed by atoms with Gasteiger partial charge in [-0.15, -0.1) is 4.91 Å². The van der Waals surface area contributed by atoms with E-state index in [1.165, 1.54) is 7.11 Å². The predicted octanol–water partition coefficient (Wildman–Crippen LogP) is 4.04. The van der Waals surface area contributed by atoms with Crippen LogP contribution in [-0.4, -0.2) is 13.1 Å². The zero-order valence-corrected chi connectivity index (χ0v) is 10.9. The van der Waals surface area contributed by atoms with Gasteiger partial charge in [-0.1, -0.05) is 36.4 Å². The van der Waals surface area contributed by atoms with Crippen molar-refractivity contribution in [3.63, 3.8) is 0 Å². The summed E-state index contributed by atoms with van der Waals surface area (Å²) < 4.78 is 4.64. The smallest absolute Gasteiger partial charge is 0.337 e. The fraction of sp³-hybridized carbons (Fsp3) is 0.0625. The Morgan fingerprint density at radius 3 is 1.90 bits per heavy atom. The molecule has 4 nitrogen and oxygen atoms in total. The minimum absolute atomic E-state index is 0.350. The number of esters is 1. The average molecular weight is 267 g/mol. The number of methoxy groups -OCH3 is 1. The van der Waals surface area contributed by atoms with Crippen LogP contribution in [0.2, 0.25) is 0 Å². The number of benzene rings is 2. The lowest BCUT2D eigenvalue weighted by Gasteiger charge is -1.99. The van der Waals surface area contributed by atoms with Crippen LogP contribution in [0.1, 0.15) is 21.5 Å². The Hall–Kier alpha value is -2.75. The maximum atomic E-state index is 11.3. The van der Waals surface area contributed by atoms with E-state index in [4.69, 9.17) is 0 Å². The third kappa shape index (κ3) is 3.38. The lowest BCUT2D eigenvalue weighted by molar-refractivity contribution is 0.0601. The number of ether oxygens (including phenoxy) is 1. The lowest BCUT2D eigenvalue weighted by atomic mass is 10.1. The Bertz CT molecular complexity index is 628. The van der Waals surface area contributed by atoms with Crippen molar-refractivity contribution >= 4 is 23.8 Å². The SMILES string of the molecule is COC(=O)c1ccc(/C=C/c2ccc(N=O)cc2)cc1. The van der Waals surface area contributed by atoms with Gasteiger partial charge in [0.15, 0.2) is 0 Å². The summed E-state index contributed by atoms with van der Waals surface area (Å²) in [6.07, 6.45) is 3.84. The van der Waals surface area contributed by atoms with E-state index in [-0.39, 0.29) is 5.97 Å². The van der Waals surface area contributed by atoms with Gasteiger partial charge in [-0.25, -0.2) is 4.79 Å². The van der Waals surface area contributed by atoms with Gasteiger partial charge in [0.1, 0.15) is 5.69 Å². The number of nitrogens with zero attached hydrogens (tertiary/aromatic N) is 1. The van der Waals surface area contributed by atoms with Crippen LogP contribution in [0.3, 0.4) is 0 Å². The first-order valence-corrected chi connectivity index (χ1v) is 6.03. The third-order valence-corrected chi connectivity index (χ3v) is 2.80. The van der Waals surface area contributed by atoms with Crippen molar-refractivity contribution in [1.82, 2.24) is 0 Å². The summed E-state index contributed by atoms with van der Waals surface area (Å²) in [4.78, 5) is 21.6. The minimum Gasteiger partial charge on any atom is -0.465 e. The molecule has 0 unspecified atom stereocenters. The quantitative estimate of drug-likeness (QED) is 0.477. The van der Waals surface area contributed by atoms with Crippen LogP contribution in [0.5, 0.6) is 0 Å². The van der Waals surface area contributed by atoms with Crippen molar-refractivity contribution in [3.05, 3.63) is 70.1 Å². The van der Waals surface area contributed by atoms with E-state index in [1.54, 1.807) is 24.3 Å². The monoisotopic (exact) mass is 267 g/mol. The highest BCUT2D eigenvalue weighted by Crippen LogP contribution is 2.15. The van der Waals surface area contributed by atoms with Crippen LogP contribution < -0.4 is 0 Å². The molecule has 20 heavy (non-hydrogen) atoms. The normalized spacial score (nSPS) is 10.4. The van der Waals surface area contributed by atoms with Gasteiger partial charge in [0, 0.05) is 0 Å². The molecular formula is C16H13NO3. The molecule has 0 heterocycles. The van der Waals surface area contributed by atoms with Crippen LogP contribution in [0.25, 0.3) is 12.2 Å². The Kier molecular flexibility index (Phi) is 4.39. The second-order valence-electron chi connectivity index (χ2n) is 4.13. The van der Waals surface area contributed by atoms with Gasteiger partial charge in [0.25, 0.3) is 0 Å². The summed E-state index contributed by atoms with van der Waals surface area (Å²) >= 11 is 0. The zero-order chi connectivity index (χ0) is 14.4. The highest BCUT2D eigenvalue weighted by molar-refractivity contribution is 5.89. The number of carbonyl (C=O) groups is 1. The van der Waals surface area contributed by atoms with Crippen molar-refractivity contribution in [2.24, 2.45) is 5.18 Å². The molecule has 0 aliphatic rings. The van der Waals surface area contributed by atoms with E-state index in [2.05, 4.69) is 9.91 Å². The molecule has 0 aromatic heterocycles. The standard InChI is InChI=1S/C16H13NO3/c1-20-16(18)14-8-4-12(5-9-14)2-3-13-6-10-15(17-19)11-7-13/h2-11H,1H3/b3-2+. The molecule has 0 saturated carbocycles. The first kappa shape index (κ1) is 13.7. The van der Waals surface area contributed by atoms with E-state index >= 15 is 0 Å².